The largest absolute Gasteiger partial charge is 0.330 e. The number of likely N-dealkylation sites (tertiary alicyclic amines) is 1. The van der Waals surface area contributed by atoms with Gasteiger partial charge in [-0.2, -0.15) is 0 Å². The fourth-order valence-electron chi connectivity index (χ4n) is 3.90. The van der Waals surface area contributed by atoms with Gasteiger partial charge in [-0.15, -0.1) is 10.2 Å². The van der Waals surface area contributed by atoms with E-state index in [1.807, 2.05) is 0 Å². The van der Waals surface area contributed by atoms with Gasteiger partial charge in [-0.25, -0.2) is 0 Å². The molecule has 1 fully saturated rings. The number of piperidine rings is 1. The summed E-state index contributed by atoms with van der Waals surface area (Å²) in [6.07, 6.45) is 7.46. The number of aromatic nitrogens is 3. The minimum absolute atomic E-state index is 0.276. The van der Waals surface area contributed by atoms with Crippen molar-refractivity contribution in [3.63, 3.8) is 0 Å². The van der Waals surface area contributed by atoms with Crippen LogP contribution in [0.1, 0.15) is 57.6 Å². The van der Waals surface area contributed by atoms with Gasteiger partial charge in [0.25, 0.3) is 0 Å². The van der Waals surface area contributed by atoms with Crippen LogP contribution in [-0.2, 0) is 19.5 Å². The topological polar surface area (TPSA) is 60.0 Å². The second-order valence-electron chi connectivity index (χ2n) is 7.74. The number of aryl methyl sites for hydroxylation is 1. The Morgan fingerprint density at radius 3 is 2.59 bits per heavy atom. The summed E-state index contributed by atoms with van der Waals surface area (Å²) in [7, 11) is 0. The van der Waals surface area contributed by atoms with Gasteiger partial charge >= 0.3 is 0 Å². The minimum Gasteiger partial charge on any atom is -0.330 e. The summed E-state index contributed by atoms with van der Waals surface area (Å²) >= 11 is 0. The van der Waals surface area contributed by atoms with Crippen molar-refractivity contribution >= 4 is 0 Å². The Morgan fingerprint density at radius 2 is 1.86 bits per heavy atom. The summed E-state index contributed by atoms with van der Waals surface area (Å²) in [5.41, 5.74) is 6.21. The molecule has 1 aromatic heterocycles. The van der Waals surface area contributed by atoms with Crippen LogP contribution in [0.5, 0.6) is 0 Å². The number of hydrogen-bond donors (Lipinski definition) is 1. The Kier molecular flexibility index (Phi) is 4.83. The lowest BCUT2D eigenvalue weighted by Gasteiger charge is -2.40. The van der Waals surface area contributed by atoms with E-state index in [1.54, 1.807) is 0 Å². The number of nitrogens with zero attached hydrogens (tertiary/aromatic N) is 4. The van der Waals surface area contributed by atoms with Crippen molar-refractivity contribution in [2.24, 2.45) is 17.1 Å². The summed E-state index contributed by atoms with van der Waals surface area (Å²) in [5, 5.41) is 8.89. The van der Waals surface area contributed by atoms with Crippen LogP contribution in [0.2, 0.25) is 0 Å². The van der Waals surface area contributed by atoms with E-state index in [0.717, 1.165) is 45.1 Å². The molecule has 22 heavy (non-hydrogen) atoms. The lowest BCUT2D eigenvalue weighted by molar-refractivity contribution is 0.0990. The highest BCUT2D eigenvalue weighted by atomic mass is 15.3. The molecule has 5 heteroatoms. The highest BCUT2D eigenvalue weighted by Crippen LogP contribution is 2.34. The molecule has 2 aliphatic heterocycles. The molecule has 0 atom stereocenters. The quantitative estimate of drug-likeness (QED) is 0.926. The summed E-state index contributed by atoms with van der Waals surface area (Å²) in [5.74, 6) is 3.13. The third-order valence-electron chi connectivity index (χ3n) is 5.77. The van der Waals surface area contributed by atoms with E-state index in [2.05, 4.69) is 33.5 Å². The lowest BCUT2D eigenvalue weighted by atomic mass is 9.74. The molecule has 0 spiro atoms. The first kappa shape index (κ1) is 15.9. The second kappa shape index (κ2) is 6.67. The van der Waals surface area contributed by atoms with Crippen LogP contribution in [0.25, 0.3) is 0 Å². The van der Waals surface area contributed by atoms with Crippen LogP contribution in [-0.4, -0.2) is 39.3 Å². The van der Waals surface area contributed by atoms with Crippen molar-refractivity contribution in [1.82, 2.24) is 19.7 Å². The molecular weight excluding hydrogens is 274 g/mol. The molecule has 0 aromatic carbocycles. The Hall–Kier alpha value is -0.940. The first-order valence-corrected chi connectivity index (χ1v) is 8.93. The zero-order valence-electron chi connectivity index (χ0n) is 14.2. The van der Waals surface area contributed by atoms with Crippen LogP contribution in [0, 0.1) is 11.3 Å². The van der Waals surface area contributed by atoms with Crippen molar-refractivity contribution in [2.45, 2.75) is 65.5 Å². The van der Waals surface area contributed by atoms with Gasteiger partial charge in [0, 0.05) is 13.0 Å². The van der Waals surface area contributed by atoms with Crippen LogP contribution in [0.4, 0.5) is 0 Å². The Labute approximate surface area is 134 Å². The SMILES string of the molecule is CC(C)(CN)C1CCN(Cc2nnc3n2CCCCC3)CC1. The summed E-state index contributed by atoms with van der Waals surface area (Å²) < 4.78 is 2.38. The molecule has 1 saturated heterocycles. The monoisotopic (exact) mass is 305 g/mol. The van der Waals surface area contributed by atoms with Crippen molar-refractivity contribution < 1.29 is 0 Å². The van der Waals surface area contributed by atoms with Gasteiger partial charge < -0.3 is 10.3 Å². The van der Waals surface area contributed by atoms with E-state index in [1.165, 1.54) is 43.8 Å². The predicted molar refractivity (Wildman–Crippen MR) is 88.4 cm³/mol. The lowest BCUT2D eigenvalue weighted by Crippen LogP contribution is -2.41. The molecule has 124 valence electrons. The summed E-state index contributed by atoms with van der Waals surface area (Å²) in [4.78, 5) is 2.55. The molecule has 0 unspecified atom stereocenters. The number of fused-ring (bicyclic) bond motifs is 1. The minimum atomic E-state index is 0.276. The van der Waals surface area contributed by atoms with Crippen LogP contribution >= 0.6 is 0 Å². The van der Waals surface area contributed by atoms with E-state index in [4.69, 9.17) is 5.73 Å². The fourth-order valence-corrected chi connectivity index (χ4v) is 3.90. The van der Waals surface area contributed by atoms with Crippen LogP contribution in [0.3, 0.4) is 0 Å². The van der Waals surface area contributed by atoms with E-state index in [0.29, 0.717) is 0 Å². The van der Waals surface area contributed by atoms with Gasteiger partial charge in [-0.3, -0.25) is 4.90 Å². The molecule has 5 nitrogen and oxygen atoms in total. The average Bonchev–Trinajstić information content (AvgIpc) is 2.75. The smallest absolute Gasteiger partial charge is 0.147 e. The summed E-state index contributed by atoms with van der Waals surface area (Å²) in [6, 6.07) is 0. The molecule has 1 aromatic rings. The first-order chi connectivity index (χ1) is 10.6. The van der Waals surface area contributed by atoms with Crippen molar-refractivity contribution in [2.75, 3.05) is 19.6 Å². The standard InChI is InChI=1S/C17H31N5/c1-17(2,13-18)14-7-10-21(11-8-14)12-16-20-19-15-6-4-3-5-9-22(15)16/h14H,3-13,18H2,1-2H3. The number of rotatable bonds is 4. The van der Waals surface area contributed by atoms with E-state index >= 15 is 0 Å². The summed E-state index contributed by atoms with van der Waals surface area (Å²) in [6.45, 7) is 9.80. The van der Waals surface area contributed by atoms with E-state index < -0.39 is 0 Å². The fraction of sp³-hybridized carbons (Fsp3) is 0.882. The van der Waals surface area contributed by atoms with E-state index in [-0.39, 0.29) is 5.41 Å². The third kappa shape index (κ3) is 3.35. The van der Waals surface area contributed by atoms with Crippen LogP contribution in [0.15, 0.2) is 0 Å². The Morgan fingerprint density at radius 1 is 1.09 bits per heavy atom. The van der Waals surface area contributed by atoms with Crippen molar-refractivity contribution in [1.29, 1.82) is 0 Å². The number of hydrogen-bond acceptors (Lipinski definition) is 4. The zero-order chi connectivity index (χ0) is 15.6. The van der Waals surface area contributed by atoms with Gasteiger partial charge in [0.2, 0.25) is 0 Å². The molecule has 0 aliphatic carbocycles. The molecule has 0 bridgehead atoms. The maximum Gasteiger partial charge on any atom is 0.147 e. The van der Waals surface area contributed by atoms with Gasteiger partial charge in [-0.05, 0) is 56.7 Å². The Balaban J connectivity index is 1.58. The molecule has 3 rings (SSSR count). The maximum atomic E-state index is 5.94. The average molecular weight is 305 g/mol. The van der Waals surface area contributed by atoms with Gasteiger partial charge in [0.05, 0.1) is 6.54 Å². The van der Waals surface area contributed by atoms with Crippen LogP contribution < -0.4 is 5.73 Å². The molecule has 0 amide bonds. The highest BCUT2D eigenvalue weighted by Gasteiger charge is 2.31. The van der Waals surface area contributed by atoms with Crippen molar-refractivity contribution in [3.05, 3.63) is 11.6 Å². The maximum absolute atomic E-state index is 5.94. The van der Waals surface area contributed by atoms with Crippen molar-refractivity contribution in [3.8, 4) is 0 Å². The van der Waals surface area contributed by atoms with Gasteiger partial charge in [0.15, 0.2) is 0 Å². The highest BCUT2D eigenvalue weighted by molar-refractivity contribution is 4.98. The molecule has 3 heterocycles. The molecule has 0 radical (unpaired) electrons. The van der Waals surface area contributed by atoms with E-state index in [9.17, 15) is 0 Å². The third-order valence-corrected chi connectivity index (χ3v) is 5.77. The number of nitrogens with two attached hydrogens (primary N) is 1. The Bertz CT molecular complexity index is 485. The first-order valence-electron chi connectivity index (χ1n) is 8.93. The molecule has 0 saturated carbocycles. The predicted octanol–water partition coefficient (Wildman–Crippen LogP) is 2.20. The molecular formula is C17H31N5. The normalized spacial score (nSPS) is 21.6. The molecule has 2 N–H and O–H groups in total. The van der Waals surface area contributed by atoms with Gasteiger partial charge in [0.1, 0.15) is 11.6 Å². The van der Waals surface area contributed by atoms with Gasteiger partial charge in [-0.1, -0.05) is 20.3 Å². The second-order valence-corrected chi connectivity index (χ2v) is 7.74. The zero-order valence-corrected chi connectivity index (χ0v) is 14.2. The molecule has 2 aliphatic rings.